The molecule has 1 unspecified atom stereocenters. The van der Waals surface area contributed by atoms with Gasteiger partial charge < -0.3 is 5.32 Å². The molecule has 2 heterocycles. The first-order chi connectivity index (χ1) is 13.8. The van der Waals surface area contributed by atoms with Gasteiger partial charge in [-0.25, -0.2) is 22.2 Å². The minimum Gasteiger partial charge on any atom is -0.354 e. The fourth-order valence-electron chi connectivity index (χ4n) is 3.60. The van der Waals surface area contributed by atoms with Crippen LogP contribution in [-0.2, 0) is 34.8 Å². The molecule has 9 nitrogen and oxygen atoms in total. The van der Waals surface area contributed by atoms with Crippen molar-refractivity contribution < 1.29 is 13.2 Å². The van der Waals surface area contributed by atoms with Gasteiger partial charge in [0.25, 0.3) is 0 Å². The van der Waals surface area contributed by atoms with Crippen LogP contribution in [0.2, 0.25) is 0 Å². The maximum atomic E-state index is 12.5. The molecular weight excluding hydrogens is 394 g/mol. The van der Waals surface area contributed by atoms with E-state index in [1.807, 2.05) is 30.3 Å². The van der Waals surface area contributed by atoms with Crippen molar-refractivity contribution in [1.29, 1.82) is 0 Å². The molecule has 2 aromatic rings. The molecule has 1 aromatic heterocycles. The van der Waals surface area contributed by atoms with Crippen LogP contribution in [0.15, 0.2) is 35.1 Å². The highest BCUT2D eigenvalue weighted by molar-refractivity contribution is 7.88. The van der Waals surface area contributed by atoms with E-state index in [1.54, 1.807) is 7.05 Å². The first-order valence-corrected chi connectivity index (χ1v) is 11.5. The zero-order chi connectivity index (χ0) is 21.0. The van der Waals surface area contributed by atoms with Crippen LogP contribution >= 0.6 is 0 Å². The lowest BCUT2D eigenvalue weighted by atomic mass is 9.99. The van der Waals surface area contributed by atoms with E-state index >= 15 is 0 Å². The van der Waals surface area contributed by atoms with E-state index in [0.717, 1.165) is 16.7 Å². The van der Waals surface area contributed by atoms with Gasteiger partial charge in [-0.05, 0) is 24.8 Å². The summed E-state index contributed by atoms with van der Waals surface area (Å²) in [5.74, 6) is 0.0630. The molecule has 1 N–H and O–H groups in total. The summed E-state index contributed by atoms with van der Waals surface area (Å²) in [5, 5.41) is 7.15. The van der Waals surface area contributed by atoms with E-state index in [0.29, 0.717) is 38.3 Å². The van der Waals surface area contributed by atoms with Crippen molar-refractivity contribution in [3.05, 3.63) is 52.2 Å². The summed E-state index contributed by atoms with van der Waals surface area (Å²) in [6.07, 6.45) is 3.35. The van der Waals surface area contributed by atoms with Crippen molar-refractivity contribution in [3.8, 4) is 0 Å². The van der Waals surface area contributed by atoms with Gasteiger partial charge in [0.15, 0.2) is 0 Å². The zero-order valence-electron chi connectivity index (χ0n) is 16.7. The lowest BCUT2D eigenvalue weighted by Gasteiger charge is -2.30. The van der Waals surface area contributed by atoms with E-state index in [1.165, 1.54) is 15.1 Å². The second-order valence-electron chi connectivity index (χ2n) is 7.40. The Balaban J connectivity index is 1.62. The number of benzene rings is 1. The molecule has 1 aliphatic rings. The third kappa shape index (κ3) is 5.33. The maximum absolute atomic E-state index is 12.5. The first kappa shape index (κ1) is 21.3. The Kier molecular flexibility index (Phi) is 6.53. The van der Waals surface area contributed by atoms with Crippen LogP contribution in [0, 0.1) is 0 Å². The molecule has 158 valence electrons. The van der Waals surface area contributed by atoms with Crippen molar-refractivity contribution in [2.24, 2.45) is 7.05 Å². The quantitative estimate of drug-likeness (QED) is 0.681. The monoisotopic (exact) mass is 421 g/mol. The lowest BCUT2D eigenvalue weighted by Crippen LogP contribution is -2.39. The van der Waals surface area contributed by atoms with Crippen molar-refractivity contribution in [3.63, 3.8) is 0 Å². The minimum atomic E-state index is -3.29. The fourth-order valence-corrected chi connectivity index (χ4v) is 4.51. The molecule has 0 saturated carbocycles. The Morgan fingerprint density at radius 3 is 2.69 bits per heavy atom. The van der Waals surface area contributed by atoms with E-state index in [2.05, 4.69) is 10.4 Å². The second-order valence-corrected chi connectivity index (χ2v) is 9.39. The van der Waals surface area contributed by atoms with Gasteiger partial charge in [-0.2, -0.15) is 5.10 Å². The molecule has 1 aliphatic heterocycles. The molecule has 0 spiro atoms. The summed E-state index contributed by atoms with van der Waals surface area (Å²) < 4.78 is 27.7. The van der Waals surface area contributed by atoms with Gasteiger partial charge in [0, 0.05) is 32.6 Å². The van der Waals surface area contributed by atoms with E-state index in [4.69, 9.17) is 0 Å². The van der Waals surface area contributed by atoms with Crippen LogP contribution in [0.1, 0.15) is 30.1 Å². The van der Waals surface area contributed by atoms with Crippen LogP contribution in [0.25, 0.3) is 0 Å². The number of amides is 1. The van der Waals surface area contributed by atoms with Gasteiger partial charge in [-0.1, -0.05) is 30.3 Å². The summed E-state index contributed by atoms with van der Waals surface area (Å²) in [4.78, 5) is 24.7. The summed E-state index contributed by atoms with van der Waals surface area (Å²) in [6.45, 7) is 1.09. The molecule has 1 saturated heterocycles. The Morgan fingerprint density at radius 1 is 1.28 bits per heavy atom. The Bertz CT molecular complexity index is 1010. The fraction of sp³-hybridized carbons (Fsp3) is 0.526. The molecule has 10 heteroatoms. The van der Waals surface area contributed by atoms with Crippen LogP contribution in [-0.4, -0.2) is 58.9 Å². The summed E-state index contributed by atoms with van der Waals surface area (Å²) in [7, 11) is -1.68. The van der Waals surface area contributed by atoms with Gasteiger partial charge in [0.2, 0.25) is 15.9 Å². The standard InChI is InChI=1S/C19H27N5O4S/c1-22-18(16-9-6-12-23(13-16)29(2,27)28)21-24(19(22)26)14-17(25)20-11-10-15-7-4-3-5-8-15/h3-5,7-8,16H,6,9-14H2,1-2H3,(H,20,25). The molecule has 29 heavy (non-hydrogen) atoms. The van der Waals surface area contributed by atoms with Crippen molar-refractivity contribution in [1.82, 2.24) is 24.0 Å². The van der Waals surface area contributed by atoms with Crippen molar-refractivity contribution in [2.45, 2.75) is 31.7 Å². The number of nitrogens with one attached hydrogen (secondary N) is 1. The number of hydrogen-bond donors (Lipinski definition) is 1. The Hall–Kier alpha value is -2.46. The Morgan fingerprint density at radius 2 is 2.00 bits per heavy atom. The third-order valence-corrected chi connectivity index (χ3v) is 6.43. The molecule has 1 atom stereocenters. The number of sulfonamides is 1. The minimum absolute atomic E-state index is 0.163. The number of carbonyl (C=O) groups excluding carboxylic acids is 1. The maximum Gasteiger partial charge on any atom is 0.346 e. The van der Waals surface area contributed by atoms with Crippen molar-refractivity contribution >= 4 is 15.9 Å². The van der Waals surface area contributed by atoms with Crippen LogP contribution in [0.4, 0.5) is 0 Å². The Labute approximate surface area is 170 Å². The lowest BCUT2D eigenvalue weighted by molar-refractivity contribution is -0.121. The number of aromatic nitrogens is 3. The number of hydrogen-bond acceptors (Lipinski definition) is 5. The summed E-state index contributed by atoms with van der Waals surface area (Å²) >= 11 is 0. The molecule has 0 radical (unpaired) electrons. The number of rotatable bonds is 7. The van der Waals surface area contributed by atoms with Gasteiger partial charge in [0.1, 0.15) is 12.4 Å². The first-order valence-electron chi connectivity index (χ1n) is 9.65. The third-order valence-electron chi connectivity index (χ3n) is 5.16. The van der Waals surface area contributed by atoms with Gasteiger partial charge in [-0.15, -0.1) is 0 Å². The zero-order valence-corrected chi connectivity index (χ0v) is 17.6. The van der Waals surface area contributed by atoms with Gasteiger partial charge in [-0.3, -0.25) is 9.36 Å². The average molecular weight is 422 g/mol. The highest BCUT2D eigenvalue weighted by Crippen LogP contribution is 2.26. The predicted molar refractivity (Wildman–Crippen MR) is 109 cm³/mol. The van der Waals surface area contributed by atoms with E-state index in [9.17, 15) is 18.0 Å². The van der Waals surface area contributed by atoms with Gasteiger partial charge >= 0.3 is 5.69 Å². The predicted octanol–water partition coefficient (Wildman–Crippen LogP) is 0.0797. The van der Waals surface area contributed by atoms with E-state index in [-0.39, 0.29) is 24.1 Å². The molecular formula is C19H27N5O4S. The number of nitrogens with zero attached hydrogens (tertiary/aromatic N) is 4. The average Bonchev–Trinajstić information content (AvgIpc) is 2.97. The molecule has 0 aliphatic carbocycles. The number of piperidine rings is 1. The van der Waals surface area contributed by atoms with Crippen molar-refractivity contribution in [2.75, 3.05) is 25.9 Å². The smallest absolute Gasteiger partial charge is 0.346 e. The molecule has 0 bridgehead atoms. The second kappa shape index (κ2) is 8.91. The molecule has 1 amide bonds. The topological polar surface area (TPSA) is 106 Å². The summed E-state index contributed by atoms with van der Waals surface area (Å²) in [6, 6.07) is 9.82. The van der Waals surface area contributed by atoms with E-state index < -0.39 is 10.0 Å². The normalized spacial score (nSPS) is 17.9. The van der Waals surface area contributed by atoms with Gasteiger partial charge in [0.05, 0.1) is 6.26 Å². The molecule has 3 rings (SSSR count). The largest absolute Gasteiger partial charge is 0.354 e. The van der Waals surface area contributed by atoms with Crippen LogP contribution in [0.5, 0.6) is 0 Å². The molecule has 1 aromatic carbocycles. The highest BCUT2D eigenvalue weighted by atomic mass is 32.2. The van der Waals surface area contributed by atoms with Crippen LogP contribution < -0.4 is 11.0 Å². The highest BCUT2D eigenvalue weighted by Gasteiger charge is 2.30. The number of carbonyl (C=O) groups is 1. The summed E-state index contributed by atoms with van der Waals surface area (Å²) in [5.41, 5.74) is 0.743. The molecule has 1 fully saturated rings. The SMILES string of the molecule is Cn1c(C2CCCN(S(C)(=O)=O)C2)nn(CC(=O)NCCc2ccccc2)c1=O. The van der Waals surface area contributed by atoms with Crippen LogP contribution in [0.3, 0.4) is 0 Å².